The Morgan fingerprint density at radius 3 is 2.61 bits per heavy atom. The fourth-order valence-corrected chi connectivity index (χ4v) is 4.64. The number of nitrogens with zero attached hydrogens (tertiary/aromatic N) is 3. The van der Waals surface area contributed by atoms with E-state index < -0.39 is 0 Å². The normalized spacial score (nSPS) is 23.3. The van der Waals surface area contributed by atoms with Crippen molar-refractivity contribution in [3.8, 4) is 17.3 Å². The van der Waals surface area contributed by atoms with E-state index in [0.717, 1.165) is 55.1 Å². The highest BCUT2D eigenvalue weighted by molar-refractivity contribution is 5.89. The third-order valence-electron chi connectivity index (χ3n) is 6.91. The molecule has 1 saturated carbocycles. The predicted molar refractivity (Wildman–Crippen MR) is 123 cm³/mol. The second-order valence-corrected chi connectivity index (χ2v) is 9.47. The molecule has 6 rings (SSSR count). The van der Waals surface area contributed by atoms with Crippen LogP contribution in [0.1, 0.15) is 31.7 Å². The summed E-state index contributed by atoms with van der Waals surface area (Å²) in [5.41, 5.74) is 2.70. The van der Waals surface area contributed by atoms with Gasteiger partial charge in [-0.3, -0.25) is 0 Å². The topological polar surface area (TPSA) is 97.8 Å². The lowest BCUT2D eigenvalue weighted by molar-refractivity contribution is 0.000735. The van der Waals surface area contributed by atoms with E-state index in [1.165, 1.54) is 0 Å². The van der Waals surface area contributed by atoms with Gasteiger partial charge in [0.1, 0.15) is 11.4 Å². The van der Waals surface area contributed by atoms with Crippen molar-refractivity contribution in [2.75, 3.05) is 43.2 Å². The molecule has 1 aromatic carbocycles. The van der Waals surface area contributed by atoms with Crippen LogP contribution in [0.3, 0.4) is 0 Å². The highest BCUT2D eigenvalue weighted by atomic mass is 16.5. The first kappa shape index (κ1) is 20.7. The van der Waals surface area contributed by atoms with Crippen LogP contribution in [0.25, 0.3) is 11.4 Å². The van der Waals surface area contributed by atoms with Crippen molar-refractivity contribution < 1.29 is 19.0 Å². The van der Waals surface area contributed by atoms with Gasteiger partial charge in [-0.1, -0.05) is 0 Å². The Morgan fingerprint density at radius 2 is 1.91 bits per heavy atom. The van der Waals surface area contributed by atoms with Crippen LogP contribution in [0.5, 0.6) is 5.88 Å². The van der Waals surface area contributed by atoms with Gasteiger partial charge < -0.3 is 29.7 Å². The molecule has 3 aliphatic heterocycles. The number of anilines is 2. The van der Waals surface area contributed by atoms with E-state index in [9.17, 15) is 4.79 Å². The Labute approximate surface area is 192 Å². The zero-order chi connectivity index (χ0) is 22.4. The Morgan fingerprint density at radius 1 is 1.09 bits per heavy atom. The average Bonchev–Trinajstić information content (AvgIpc) is 3.54. The fourth-order valence-electron chi connectivity index (χ4n) is 4.64. The molecule has 1 aliphatic carbocycles. The molecule has 4 heterocycles. The first-order valence-electron chi connectivity index (χ1n) is 11.8. The number of benzene rings is 1. The van der Waals surface area contributed by atoms with Gasteiger partial charge in [-0.25, -0.2) is 9.78 Å². The molecule has 9 nitrogen and oxygen atoms in total. The molecule has 0 unspecified atom stereocenters. The first-order valence-corrected chi connectivity index (χ1v) is 11.8. The van der Waals surface area contributed by atoms with Gasteiger partial charge in [-0.15, -0.1) is 0 Å². The third-order valence-corrected chi connectivity index (χ3v) is 6.91. The van der Waals surface area contributed by atoms with Crippen molar-refractivity contribution in [1.82, 2.24) is 15.3 Å². The van der Waals surface area contributed by atoms with Crippen molar-refractivity contribution in [3.05, 3.63) is 29.8 Å². The van der Waals surface area contributed by atoms with Crippen LogP contribution in [0, 0.1) is 0 Å². The molecular weight excluding hydrogens is 422 g/mol. The summed E-state index contributed by atoms with van der Waals surface area (Å²) in [5.74, 6) is 2.33. The Bertz CT molecular complexity index is 1050. The highest BCUT2D eigenvalue weighted by Gasteiger charge is 2.49. The lowest BCUT2D eigenvalue weighted by Gasteiger charge is -2.37. The van der Waals surface area contributed by atoms with E-state index in [0.29, 0.717) is 37.9 Å². The van der Waals surface area contributed by atoms with Crippen LogP contribution >= 0.6 is 0 Å². The predicted octanol–water partition coefficient (Wildman–Crippen LogP) is 2.75. The zero-order valence-electron chi connectivity index (χ0n) is 18.8. The van der Waals surface area contributed by atoms with Crippen LogP contribution in [0.2, 0.25) is 0 Å². The first-order chi connectivity index (χ1) is 16.1. The van der Waals surface area contributed by atoms with E-state index >= 15 is 0 Å². The number of hydrogen-bond acceptors (Lipinski definition) is 7. The van der Waals surface area contributed by atoms with Crippen molar-refractivity contribution in [1.29, 1.82) is 0 Å². The number of hydrogen-bond donors (Lipinski definition) is 2. The molecule has 2 saturated heterocycles. The van der Waals surface area contributed by atoms with Crippen LogP contribution in [-0.4, -0.2) is 66.7 Å². The Hall–Kier alpha value is -2.91. The SMILES string of the molecule is C[C@H]1COCCN1c1nc(-c2ccc(NC(=O)NC3COC3)cc2)nc2c1CCC1(CC1)O2. The molecule has 9 heteroatoms. The van der Waals surface area contributed by atoms with Gasteiger partial charge in [-0.2, -0.15) is 4.98 Å². The summed E-state index contributed by atoms with van der Waals surface area (Å²) in [4.78, 5) is 24.3. The second-order valence-electron chi connectivity index (χ2n) is 9.47. The minimum atomic E-state index is -0.229. The second kappa shape index (κ2) is 8.14. The van der Waals surface area contributed by atoms with Crippen molar-refractivity contribution in [3.63, 3.8) is 0 Å². The molecule has 2 amide bonds. The number of ether oxygens (including phenoxy) is 3. The summed E-state index contributed by atoms with van der Waals surface area (Å²) in [7, 11) is 0. The molecule has 1 aromatic heterocycles. The number of carbonyl (C=O) groups is 1. The van der Waals surface area contributed by atoms with Crippen LogP contribution in [0.4, 0.5) is 16.3 Å². The summed E-state index contributed by atoms with van der Waals surface area (Å²) in [6, 6.07) is 7.72. The molecule has 33 heavy (non-hydrogen) atoms. The minimum absolute atomic E-state index is 0.0147. The Kier molecular flexibility index (Phi) is 5.10. The summed E-state index contributed by atoms with van der Waals surface area (Å²) in [6.45, 7) is 5.48. The van der Waals surface area contributed by atoms with Crippen molar-refractivity contribution in [2.45, 2.75) is 50.3 Å². The standard InChI is InChI=1S/C24H29N5O4/c1-15-12-31-11-10-29(15)21-19-6-7-24(8-9-24)33-22(19)28-20(27-21)16-2-4-17(5-3-16)25-23(30)26-18-13-32-14-18/h2-5,15,18H,6-14H2,1H3,(H2,25,26,30)/t15-/m0/s1. The summed E-state index contributed by atoms with van der Waals surface area (Å²) in [6.07, 6.45) is 4.18. The van der Waals surface area contributed by atoms with Gasteiger partial charge in [0.2, 0.25) is 5.88 Å². The van der Waals surface area contributed by atoms with E-state index in [2.05, 4.69) is 22.5 Å². The fraction of sp³-hybridized carbons (Fsp3) is 0.542. The largest absolute Gasteiger partial charge is 0.471 e. The lowest BCUT2D eigenvalue weighted by atomic mass is 10.0. The van der Waals surface area contributed by atoms with Crippen molar-refractivity contribution in [2.24, 2.45) is 0 Å². The summed E-state index contributed by atoms with van der Waals surface area (Å²) >= 11 is 0. The highest BCUT2D eigenvalue weighted by Crippen LogP contribution is 2.49. The number of carbonyl (C=O) groups excluding carboxylic acids is 1. The van der Waals surface area contributed by atoms with Gasteiger partial charge in [0, 0.05) is 17.8 Å². The van der Waals surface area contributed by atoms with Crippen LogP contribution in [0.15, 0.2) is 24.3 Å². The number of rotatable bonds is 4. The minimum Gasteiger partial charge on any atom is -0.471 e. The lowest BCUT2D eigenvalue weighted by Crippen LogP contribution is -2.49. The molecule has 2 N–H and O–H groups in total. The molecule has 1 spiro atoms. The number of aromatic nitrogens is 2. The van der Waals surface area contributed by atoms with Crippen LogP contribution < -0.4 is 20.3 Å². The van der Waals surface area contributed by atoms with Gasteiger partial charge >= 0.3 is 6.03 Å². The molecule has 0 radical (unpaired) electrons. The maximum atomic E-state index is 12.1. The molecule has 174 valence electrons. The zero-order valence-corrected chi connectivity index (χ0v) is 18.8. The quantitative estimate of drug-likeness (QED) is 0.738. The smallest absolute Gasteiger partial charge is 0.319 e. The number of morpholine rings is 1. The molecule has 0 bridgehead atoms. The summed E-state index contributed by atoms with van der Waals surface area (Å²) in [5, 5.41) is 5.74. The average molecular weight is 452 g/mol. The number of amides is 2. The third kappa shape index (κ3) is 4.11. The maximum absolute atomic E-state index is 12.1. The van der Waals surface area contributed by atoms with E-state index in [1.807, 2.05) is 24.3 Å². The summed E-state index contributed by atoms with van der Waals surface area (Å²) < 4.78 is 17.1. The molecule has 1 atom stereocenters. The molecule has 4 aliphatic rings. The Balaban J connectivity index is 1.28. The molecule has 2 aromatic rings. The van der Waals surface area contributed by atoms with Gasteiger partial charge in [-0.05, 0) is 56.9 Å². The van der Waals surface area contributed by atoms with Gasteiger partial charge in [0.15, 0.2) is 5.82 Å². The van der Waals surface area contributed by atoms with Gasteiger partial charge in [0.25, 0.3) is 0 Å². The van der Waals surface area contributed by atoms with Gasteiger partial charge in [0.05, 0.1) is 44.1 Å². The number of urea groups is 1. The molecule has 3 fully saturated rings. The monoisotopic (exact) mass is 451 g/mol. The number of nitrogens with one attached hydrogen (secondary N) is 2. The van der Waals surface area contributed by atoms with Crippen LogP contribution in [-0.2, 0) is 15.9 Å². The van der Waals surface area contributed by atoms with E-state index in [-0.39, 0.29) is 23.7 Å². The van der Waals surface area contributed by atoms with Crippen molar-refractivity contribution >= 4 is 17.5 Å². The van der Waals surface area contributed by atoms with E-state index in [1.54, 1.807) is 0 Å². The number of fused-ring (bicyclic) bond motifs is 1. The van der Waals surface area contributed by atoms with E-state index in [4.69, 9.17) is 24.2 Å². The molecular formula is C24H29N5O4. The maximum Gasteiger partial charge on any atom is 0.319 e.